The number of carbonyl (C=O) groups is 1. The highest BCUT2D eigenvalue weighted by atomic mass is 32.1. The van der Waals surface area contributed by atoms with Crippen LogP contribution in [0.15, 0.2) is 24.3 Å². The van der Waals surface area contributed by atoms with Crippen LogP contribution in [0.25, 0.3) is 9.75 Å². The molecular formula is C20H28OS2. The molecule has 0 radical (unpaired) electrons. The minimum atomic E-state index is 0.311. The van der Waals surface area contributed by atoms with Crippen LogP contribution in [0.1, 0.15) is 79.8 Å². The third kappa shape index (κ3) is 5.89. The summed E-state index contributed by atoms with van der Waals surface area (Å²) in [6.07, 6.45) is 10.5. The number of unbranched alkanes of at least 4 members (excludes halogenated alkanes) is 5. The molecule has 0 aromatic carbocycles. The maximum Gasteiger partial charge on any atom is 0.172 e. The zero-order chi connectivity index (χ0) is 16.5. The molecule has 0 unspecified atom stereocenters. The van der Waals surface area contributed by atoms with Gasteiger partial charge in [-0.3, -0.25) is 4.79 Å². The Morgan fingerprint density at radius 3 is 2.30 bits per heavy atom. The summed E-state index contributed by atoms with van der Waals surface area (Å²) in [6, 6.07) is 8.60. The lowest BCUT2D eigenvalue weighted by atomic mass is 10.1. The van der Waals surface area contributed by atoms with Crippen molar-refractivity contribution in [2.24, 2.45) is 0 Å². The molecule has 23 heavy (non-hydrogen) atoms. The summed E-state index contributed by atoms with van der Waals surface area (Å²) < 4.78 is 0. The van der Waals surface area contributed by atoms with E-state index in [1.807, 2.05) is 17.4 Å². The van der Waals surface area contributed by atoms with E-state index < -0.39 is 0 Å². The van der Waals surface area contributed by atoms with Crippen molar-refractivity contribution in [2.75, 3.05) is 0 Å². The lowest BCUT2D eigenvalue weighted by molar-refractivity contribution is 0.0983. The van der Waals surface area contributed by atoms with Gasteiger partial charge in [-0.15, -0.1) is 22.7 Å². The van der Waals surface area contributed by atoms with Gasteiger partial charge in [0.1, 0.15) is 0 Å². The molecular weight excluding hydrogens is 320 g/mol. The van der Waals surface area contributed by atoms with E-state index >= 15 is 0 Å². The quantitative estimate of drug-likeness (QED) is 0.306. The summed E-state index contributed by atoms with van der Waals surface area (Å²) >= 11 is 3.55. The van der Waals surface area contributed by atoms with Gasteiger partial charge in [-0.2, -0.15) is 0 Å². The number of Topliss-reactive ketones (excluding diaryl/α,β-unsaturated/α-hetero) is 1. The second-order valence-corrected chi connectivity index (χ2v) is 8.37. The van der Waals surface area contributed by atoms with Crippen LogP contribution in [-0.2, 0) is 6.42 Å². The van der Waals surface area contributed by atoms with Crippen LogP contribution < -0.4 is 0 Å². The SMILES string of the molecule is CCCCCCc1ccc(-c2ccc(C(=O)CCCCC)s2)s1. The monoisotopic (exact) mass is 348 g/mol. The number of thiophene rings is 2. The zero-order valence-corrected chi connectivity index (χ0v) is 16.0. The molecule has 2 heterocycles. The van der Waals surface area contributed by atoms with E-state index in [1.165, 1.54) is 53.2 Å². The van der Waals surface area contributed by atoms with Gasteiger partial charge in [-0.05, 0) is 43.5 Å². The topological polar surface area (TPSA) is 17.1 Å². The molecule has 2 aromatic heterocycles. The van der Waals surface area contributed by atoms with E-state index in [2.05, 4.69) is 32.0 Å². The van der Waals surface area contributed by atoms with Gasteiger partial charge in [-0.1, -0.05) is 46.0 Å². The molecule has 2 aromatic rings. The van der Waals surface area contributed by atoms with E-state index in [9.17, 15) is 4.79 Å². The smallest absolute Gasteiger partial charge is 0.172 e. The van der Waals surface area contributed by atoms with Crippen molar-refractivity contribution < 1.29 is 4.79 Å². The fraction of sp³-hybridized carbons (Fsp3) is 0.550. The highest BCUT2D eigenvalue weighted by Crippen LogP contribution is 2.34. The van der Waals surface area contributed by atoms with E-state index in [0.29, 0.717) is 12.2 Å². The molecule has 0 fully saturated rings. The van der Waals surface area contributed by atoms with Gasteiger partial charge in [0, 0.05) is 21.1 Å². The second-order valence-electron chi connectivity index (χ2n) is 6.12. The molecule has 0 bridgehead atoms. The molecule has 0 N–H and O–H groups in total. The molecule has 0 spiro atoms. The van der Waals surface area contributed by atoms with Crippen LogP contribution in [0.5, 0.6) is 0 Å². The summed E-state index contributed by atoms with van der Waals surface area (Å²) in [7, 11) is 0. The normalized spacial score (nSPS) is 11.0. The molecule has 0 saturated carbocycles. The Morgan fingerprint density at radius 2 is 1.52 bits per heavy atom. The Balaban J connectivity index is 1.90. The van der Waals surface area contributed by atoms with Crippen molar-refractivity contribution in [1.29, 1.82) is 0 Å². The Bertz CT molecular complexity index is 594. The van der Waals surface area contributed by atoms with Gasteiger partial charge in [0.15, 0.2) is 5.78 Å². The average molecular weight is 349 g/mol. The van der Waals surface area contributed by atoms with E-state index in [1.54, 1.807) is 11.3 Å². The van der Waals surface area contributed by atoms with Crippen LogP contribution in [0.2, 0.25) is 0 Å². The van der Waals surface area contributed by atoms with Gasteiger partial charge in [-0.25, -0.2) is 0 Å². The first-order valence-electron chi connectivity index (χ1n) is 8.96. The van der Waals surface area contributed by atoms with Crippen LogP contribution in [0.3, 0.4) is 0 Å². The van der Waals surface area contributed by atoms with Crippen LogP contribution in [0, 0.1) is 0 Å². The third-order valence-corrected chi connectivity index (χ3v) is 6.54. The maximum absolute atomic E-state index is 12.2. The fourth-order valence-corrected chi connectivity index (χ4v) is 4.76. The van der Waals surface area contributed by atoms with E-state index in [0.717, 1.165) is 17.7 Å². The molecule has 0 aliphatic rings. The minimum Gasteiger partial charge on any atom is -0.293 e. The van der Waals surface area contributed by atoms with Gasteiger partial charge < -0.3 is 0 Å². The third-order valence-electron chi connectivity index (χ3n) is 4.07. The van der Waals surface area contributed by atoms with Crippen LogP contribution >= 0.6 is 22.7 Å². The Labute approximate surface area is 148 Å². The summed E-state index contributed by atoms with van der Waals surface area (Å²) in [6.45, 7) is 4.42. The van der Waals surface area contributed by atoms with Crippen molar-refractivity contribution in [3.63, 3.8) is 0 Å². The Morgan fingerprint density at radius 1 is 0.826 bits per heavy atom. The number of rotatable bonds is 11. The molecule has 0 aliphatic heterocycles. The van der Waals surface area contributed by atoms with Gasteiger partial charge in [0.2, 0.25) is 0 Å². The number of hydrogen-bond acceptors (Lipinski definition) is 3. The minimum absolute atomic E-state index is 0.311. The highest BCUT2D eigenvalue weighted by molar-refractivity contribution is 7.23. The maximum atomic E-state index is 12.2. The predicted molar refractivity (Wildman–Crippen MR) is 104 cm³/mol. The van der Waals surface area contributed by atoms with Crippen LogP contribution in [0.4, 0.5) is 0 Å². The molecule has 126 valence electrons. The molecule has 0 aliphatic carbocycles. The lowest BCUT2D eigenvalue weighted by Crippen LogP contribution is -1.94. The highest BCUT2D eigenvalue weighted by Gasteiger charge is 2.11. The number of carbonyl (C=O) groups excluding carboxylic acids is 1. The van der Waals surface area contributed by atoms with Crippen molar-refractivity contribution in [1.82, 2.24) is 0 Å². The van der Waals surface area contributed by atoms with Crippen LogP contribution in [-0.4, -0.2) is 5.78 Å². The number of aryl methyl sites for hydroxylation is 1. The molecule has 0 saturated heterocycles. The summed E-state index contributed by atoms with van der Waals surface area (Å²) in [5.41, 5.74) is 0. The zero-order valence-electron chi connectivity index (χ0n) is 14.4. The molecule has 3 heteroatoms. The van der Waals surface area contributed by atoms with Gasteiger partial charge in [0.05, 0.1) is 4.88 Å². The molecule has 1 nitrogen and oxygen atoms in total. The predicted octanol–water partition coefficient (Wildman–Crippen LogP) is 7.36. The number of hydrogen-bond donors (Lipinski definition) is 0. The van der Waals surface area contributed by atoms with Crippen molar-refractivity contribution in [3.8, 4) is 9.75 Å². The summed E-state index contributed by atoms with van der Waals surface area (Å²) in [5.74, 6) is 0.311. The lowest BCUT2D eigenvalue weighted by Gasteiger charge is -1.97. The summed E-state index contributed by atoms with van der Waals surface area (Å²) in [5, 5.41) is 0. The standard InChI is InChI=1S/C20H28OS2/c1-3-5-7-9-10-16-12-13-19(22-16)20-15-14-18(23-20)17(21)11-8-6-4-2/h12-15H,3-11H2,1-2H3. The average Bonchev–Trinajstić information content (AvgIpc) is 3.20. The molecule has 0 atom stereocenters. The fourth-order valence-electron chi connectivity index (χ4n) is 2.65. The Kier molecular flexibility index (Phi) is 8.04. The van der Waals surface area contributed by atoms with Crippen molar-refractivity contribution >= 4 is 28.5 Å². The largest absolute Gasteiger partial charge is 0.293 e. The van der Waals surface area contributed by atoms with Crippen molar-refractivity contribution in [2.45, 2.75) is 71.6 Å². The van der Waals surface area contributed by atoms with E-state index in [4.69, 9.17) is 0 Å². The van der Waals surface area contributed by atoms with Gasteiger partial charge >= 0.3 is 0 Å². The summed E-state index contributed by atoms with van der Waals surface area (Å²) in [4.78, 5) is 17.1. The van der Waals surface area contributed by atoms with Crippen molar-refractivity contribution in [3.05, 3.63) is 34.0 Å². The second kappa shape index (κ2) is 10.0. The number of ketones is 1. The Hall–Kier alpha value is -0.930. The van der Waals surface area contributed by atoms with E-state index in [-0.39, 0.29) is 0 Å². The first-order valence-corrected chi connectivity index (χ1v) is 10.6. The first-order chi connectivity index (χ1) is 11.2. The molecule has 2 rings (SSSR count). The van der Waals surface area contributed by atoms with Gasteiger partial charge in [0.25, 0.3) is 0 Å². The molecule has 0 amide bonds. The first kappa shape index (κ1) is 18.4.